The number of anilines is 1. The highest BCUT2D eigenvalue weighted by atomic mass is 16.6. The van der Waals surface area contributed by atoms with Gasteiger partial charge in [-0.05, 0) is 43.0 Å². The van der Waals surface area contributed by atoms with E-state index in [9.17, 15) is 4.79 Å². The zero-order valence-electron chi connectivity index (χ0n) is 17.9. The highest BCUT2D eigenvalue weighted by molar-refractivity contribution is 5.82. The first-order valence-corrected chi connectivity index (χ1v) is 10.6. The molecule has 2 heterocycles. The Kier molecular flexibility index (Phi) is 6.45. The molecule has 8 heteroatoms. The Morgan fingerprint density at radius 3 is 2.71 bits per heavy atom. The summed E-state index contributed by atoms with van der Waals surface area (Å²) in [5, 5.41) is 10.6. The summed E-state index contributed by atoms with van der Waals surface area (Å²) in [7, 11) is 3.93. The second kappa shape index (κ2) is 9.59. The first kappa shape index (κ1) is 20.8. The fourth-order valence-corrected chi connectivity index (χ4v) is 3.96. The molecule has 2 aromatic heterocycles. The molecule has 0 aliphatic heterocycles. The molecule has 0 bridgehead atoms. The molecule has 1 aromatic carbocycles. The third kappa shape index (κ3) is 5.20. The molecule has 1 aliphatic rings. The molecule has 1 saturated carbocycles. The predicted molar refractivity (Wildman–Crippen MR) is 118 cm³/mol. The average Bonchev–Trinajstić information content (AvgIpc) is 3.33. The van der Waals surface area contributed by atoms with Crippen LogP contribution in [0.15, 0.2) is 47.5 Å². The van der Waals surface area contributed by atoms with Crippen molar-refractivity contribution in [2.75, 3.05) is 25.5 Å². The molecule has 1 N–H and O–H groups in total. The molecule has 1 amide bonds. The second-order valence-electron chi connectivity index (χ2n) is 8.05. The van der Waals surface area contributed by atoms with Gasteiger partial charge in [0.1, 0.15) is 5.75 Å². The van der Waals surface area contributed by atoms with Gasteiger partial charge in [0.15, 0.2) is 0 Å². The summed E-state index contributed by atoms with van der Waals surface area (Å²) in [6, 6.07) is 7.51. The van der Waals surface area contributed by atoms with Crippen LogP contribution < -0.4 is 15.0 Å². The second-order valence-corrected chi connectivity index (χ2v) is 8.05. The molecule has 31 heavy (non-hydrogen) atoms. The van der Waals surface area contributed by atoms with E-state index in [4.69, 9.17) is 9.15 Å². The third-order valence-corrected chi connectivity index (χ3v) is 5.58. The highest BCUT2D eigenvalue weighted by Gasteiger charge is 2.16. The number of carbonyl (C=O) groups is 1. The minimum atomic E-state index is -0.424. The van der Waals surface area contributed by atoms with Gasteiger partial charge in [0.25, 0.3) is 0 Å². The van der Waals surface area contributed by atoms with Crippen molar-refractivity contribution in [1.29, 1.82) is 0 Å². The van der Waals surface area contributed by atoms with Crippen molar-refractivity contribution < 1.29 is 13.9 Å². The molecule has 0 atom stereocenters. The van der Waals surface area contributed by atoms with E-state index in [1.54, 1.807) is 18.5 Å². The lowest BCUT2D eigenvalue weighted by Gasteiger charge is -2.22. The van der Waals surface area contributed by atoms with E-state index in [-0.39, 0.29) is 0 Å². The molecule has 0 radical (unpaired) electrons. The number of ether oxygens (including phenoxy) is 1. The van der Waals surface area contributed by atoms with Crippen LogP contribution in [0.2, 0.25) is 0 Å². The number of nitrogens with one attached hydrogen (secondary N) is 1. The van der Waals surface area contributed by atoms with Crippen LogP contribution in [0.3, 0.4) is 0 Å². The first-order chi connectivity index (χ1) is 15.1. The van der Waals surface area contributed by atoms with Crippen LogP contribution in [0.25, 0.3) is 22.6 Å². The quantitative estimate of drug-likeness (QED) is 0.625. The maximum atomic E-state index is 12.3. The van der Waals surface area contributed by atoms with Crippen molar-refractivity contribution in [2.45, 2.75) is 32.1 Å². The van der Waals surface area contributed by atoms with Gasteiger partial charge in [0, 0.05) is 49.8 Å². The van der Waals surface area contributed by atoms with Gasteiger partial charge < -0.3 is 19.4 Å². The average molecular weight is 422 g/mol. The maximum Gasteiger partial charge on any atom is 0.412 e. The fourth-order valence-electron chi connectivity index (χ4n) is 3.96. The number of pyridine rings is 1. The fraction of sp³-hybridized carbons (Fsp3) is 0.391. The van der Waals surface area contributed by atoms with Gasteiger partial charge in [0.2, 0.25) is 12.3 Å². The summed E-state index contributed by atoms with van der Waals surface area (Å²) in [5.74, 6) is 1.42. The number of nitrogens with zero attached hydrogens (tertiary/aromatic N) is 4. The number of hydrogen-bond donors (Lipinski definition) is 1. The van der Waals surface area contributed by atoms with E-state index in [0.29, 0.717) is 24.1 Å². The summed E-state index contributed by atoms with van der Waals surface area (Å²) < 4.78 is 10.9. The number of aromatic nitrogens is 3. The van der Waals surface area contributed by atoms with Crippen LogP contribution in [-0.4, -0.2) is 41.9 Å². The molecular weight excluding hydrogens is 394 g/mol. The van der Waals surface area contributed by atoms with Crippen LogP contribution in [0.4, 0.5) is 10.5 Å². The van der Waals surface area contributed by atoms with Crippen LogP contribution in [0.1, 0.15) is 32.1 Å². The van der Waals surface area contributed by atoms with Crippen molar-refractivity contribution in [2.24, 2.45) is 5.92 Å². The van der Waals surface area contributed by atoms with Gasteiger partial charge in [-0.1, -0.05) is 19.3 Å². The monoisotopic (exact) mass is 421 g/mol. The molecule has 1 fully saturated rings. The summed E-state index contributed by atoms with van der Waals surface area (Å²) in [6.07, 6.45) is 10.4. The zero-order chi connectivity index (χ0) is 21.6. The van der Waals surface area contributed by atoms with E-state index < -0.39 is 6.09 Å². The topological polar surface area (TPSA) is 93.4 Å². The summed E-state index contributed by atoms with van der Waals surface area (Å²) in [4.78, 5) is 18.7. The first-order valence-electron chi connectivity index (χ1n) is 10.6. The largest absolute Gasteiger partial charge is 0.423 e. The summed E-state index contributed by atoms with van der Waals surface area (Å²) in [5.41, 5.74) is 3.43. The zero-order valence-corrected chi connectivity index (χ0v) is 17.9. The van der Waals surface area contributed by atoms with Crippen LogP contribution in [-0.2, 0) is 0 Å². The predicted octanol–water partition coefficient (Wildman–Crippen LogP) is 4.53. The van der Waals surface area contributed by atoms with Gasteiger partial charge in [-0.25, -0.2) is 4.79 Å². The van der Waals surface area contributed by atoms with Crippen molar-refractivity contribution in [3.8, 4) is 28.3 Å². The van der Waals surface area contributed by atoms with Gasteiger partial charge >= 0.3 is 6.09 Å². The van der Waals surface area contributed by atoms with Crippen LogP contribution in [0.5, 0.6) is 5.75 Å². The maximum absolute atomic E-state index is 12.3. The summed E-state index contributed by atoms with van der Waals surface area (Å²) in [6.45, 7) is 0.664. The molecule has 0 spiro atoms. The highest BCUT2D eigenvalue weighted by Crippen LogP contribution is 2.34. The number of rotatable bonds is 6. The van der Waals surface area contributed by atoms with Crippen molar-refractivity contribution in [3.05, 3.63) is 43.1 Å². The third-order valence-electron chi connectivity index (χ3n) is 5.58. The minimum absolute atomic E-state index is 0.398. The van der Waals surface area contributed by atoms with Gasteiger partial charge in [-0.2, -0.15) is 0 Å². The molecule has 8 nitrogen and oxygen atoms in total. The lowest BCUT2D eigenvalue weighted by atomic mass is 9.89. The Bertz CT molecular complexity index is 1010. The van der Waals surface area contributed by atoms with Gasteiger partial charge in [-0.3, -0.25) is 4.98 Å². The van der Waals surface area contributed by atoms with Gasteiger partial charge in [0.05, 0.1) is 5.56 Å². The Labute approximate surface area is 181 Å². The molecular formula is C23H27N5O3. The minimum Gasteiger partial charge on any atom is -0.423 e. The van der Waals surface area contributed by atoms with Gasteiger partial charge in [-0.15, -0.1) is 10.2 Å². The van der Waals surface area contributed by atoms with E-state index in [0.717, 1.165) is 22.4 Å². The standard InChI is InChI=1S/C23H27N5O3/c1-28(2)21-9-8-19(31-23(29)25-12-16-6-4-3-5-7-16)11-20(21)17-10-18(14-24-13-17)22-27-26-15-30-22/h8-11,13-16H,3-7,12H2,1-2H3,(H,25,29). The van der Waals surface area contributed by atoms with Crippen molar-refractivity contribution >= 4 is 11.8 Å². The lowest BCUT2D eigenvalue weighted by molar-refractivity contribution is 0.196. The molecule has 0 saturated heterocycles. The lowest BCUT2D eigenvalue weighted by Crippen LogP contribution is -2.32. The summed E-state index contributed by atoms with van der Waals surface area (Å²) >= 11 is 0. The molecule has 1 aliphatic carbocycles. The van der Waals surface area contributed by atoms with Crippen molar-refractivity contribution in [3.63, 3.8) is 0 Å². The number of amides is 1. The van der Waals surface area contributed by atoms with Crippen LogP contribution in [0, 0.1) is 5.92 Å². The normalized spacial score (nSPS) is 14.3. The Hall–Kier alpha value is -3.42. The van der Waals surface area contributed by atoms with E-state index in [1.165, 1.54) is 38.5 Å². The number of hydrogen-bond acceptors (Lipinski definition) is 7. The molecule has 162 valence electrons. The van der Waals surface area contributed by atoms with Crippen LogP contribution >= 0.6 is 0 Å². The molecule has 3 aromatic rings. The van der Waals surface area contributed by atoms with E-state index >= 15 is 0 Å². The molecule has 4 rings (SSSR count). The Morgan fingerprint density at radius 1 is 1.16 bits per heavy atom. The molecule has 0 unspecified atom stereocenters. The Morgan fingerprint density at radius 2 is 1.97 bits per heavy atom. The van der Waals surface area contributed by atoms with Crippen molar-refractivity contribution in [1.82, 2.24) is 20.5 Å². The number of carbonyl (C=O) groups excluding carboxylic acids is 1. The number of benzene rings is 1. The van der Waals surface area contributed by atoms with E-state index in [2.05, 4.69) is 20.5 Å². The van der Waals surface area contributed by atoms with E-state index in [1.807, 2.05) is 37.2 Å². The Balaban J connectivity index is 1.53. The smallest absolute Gasteiger partial charge is 0.412 e. The SMILES string of the molecule is CN(C)c1ccc(OC(=O)NCC2CCCCC2)cc1-c1cncc(-c2nnco2)c1.